The Morgan fingerprint density at radius 2 is 1.95 bits per heavy atom. The number of anilines is 1. The van der Waals surface area contributed by atoms with E-state index >= 15 is 0 Å². The molecular formula is C28H28N8O3. The van der Waals surface area contributed by atoms with Gasteiger partial charge in [-0.3, -0.25) is 19.1 Å². The van der Waals surface area contributed by atoms with Gasteiger partial charge in [-0.1, -0.05) is 18.2 Å². The zero-order valence-corrected chi connectivity index (χ0v) is 21.6. The van der Waals surface area contributed by atoms with Crippen LogP contribution in [0.1, 0.15) is 41.0 Å². The highest BCUT2D eigenvalue weighted by molar-refractivity contribution is 5.95. The van der Waals surface area contributed by atoms with Gasteiger partial charge in [0.15, 0.2) is 5.65 Å². The summed E-state index contributed by atoms with van der Waals surface area (Å²) in [4.78, 5) is 48.2. The van der Waals surface area contributed by atoms with Gasteiger partial charge in [-0.15, -0.1) is 5.10 Å². The molecule has 1 aliphatic heterocycles. The standard InChI is InChI=1S/C28H28N8O3/c1-3-35-18(2)26(28(39)36(35)21-7-5-4-6-8-21)27(38)31-20-16-22(19-11-12-30-25(37)15-19)33(17-20)24-10-9-23-29-13-14-34(23)32-24/h4-15,20,22H,3,16-17H2,1-2H3,(H,30,37)(H,31,38)/t20-,22-/m0/s1. The fourth-order valence-corrected chi connectivity index (χ4v) is 5.51. The number of amides is 1. The quantitative estimate of drug-likeness (QED) is 0.352. The number of aromatic amines is 1. The first-order valence-electron chi connectivity index (χ1n) is 12.9. The van der Waals surface area contributed by atoms with Gasteiger partial charge in [-0.25, -0.2) is 14.2 Å². The molecule has 0 aliphatic carbocycles. The second kappa shape index (κ2) is 9.75. The SMILES string of the molecule is CCn1c(C)c(C(=O)N[C@H]2C[C@@H](c3cc[nH]c(=O)c3)N(c3ccc4nccn4n3)C2)c(=O)n1-c1ccccc1. The summed E-state index contributed by atoms with van der Waals surface area (Å²) in [6.45, 7) is 4.73. The molecule has 0 bridgehead atoms. The van der Waals surface area contributed by atoms with Gasteiger partial charge in [0.05, 0.1) is 17.4 Å². The zero-order chi connectivity index (χ0) is 27.1. The molecule has 2 atom stereocenters. The summed E-state index contributed by atoms with van der Waals surface area (Å²) in [5.74, 6) is 0.284. The van der Waals surface area contributed by atoms with Crippen LogP contribution < -0.4 is 21.3 Å². The summed E-state index contributed by atoms with van der Waals surface area (Å²) in [6.07, 6.45) is 5.62. The molecule has 2 N–H and O–H groups in total. The number of hydrogen-bond donors (Lipinski definition) is 2. The van der Waals surface area contributed by atoms with E-state index in [4.69, 9.17) is 5.10 Å². The summed E-state index contributed by atoms with van der Waals surface area (Å²) in [5, 5.41) is 7.80. The molecule has 0 spiro atoms. The van der Waals surface area contributed by atoms with E-state index in [1.807, 2.05) is 60.1 Å². The molecule has 39 heavy (non-hydrogen) atoms. The Kier molecular flexibility index (Phi) is 6.10. The van der Waals surface area contributed by atoms with Crippen molar-refractivity contribution in [1.82, 2.24) is 34.3 Å². The van der Waals surface area contributed by atoms with Crippen LogP contribution >= 0.6 is 0 Å². The first-order valence-corrected chi connectivity index (χ1v) is 12.9. The van der Waals surface area contributed by atoms with Crippen molar-refractivity contribution in [1.29, 1.82) is 0 Å². The number of fused-ring (bicyclic) bond motifs is 1. The molecule has 198 valence electrons. The van der Waals surface area contributed by atoms with Gasteiger partial charge in [-0.2, -0.15) is 0 Å². The third kappa shape index (κ3) is 4.31. The number of pyridine rings is 1. The van der Waals surface area contributed by atoms with E-state index in [1.165, 1.54) is 0 Å². The van der Waals surface area contributed by atoms with E-state index in [2.05, 4.69) is 20.2 Å². The van der Waals surface area contributed by atoms with Crippen molar-refractivity contribution in [3.05, 3.63) is 111 Å². The number of carbonyl (C=O) groups excluding carboxylic acids is 1. The molecule has 4 aromatic heterocycles. The van der Waals surface area contributed by atoms with Gasteiger partial charge < -0.3 is 15.2 Å². The molecule has 11 nitrogen and oxygen atoms in total. The zero-order valence-electron chi connectivity index (χ0n) is 21.6. The van der Waals surface area contributed by atoms with Crippen molar-refractivity contribution < 1.29 is 4.79 Å². The van der Waals surface area contributed by atoms with E-state index in [0.717, 1.165) is 11.2 Å². The predicted octanol–water partition coefficient (Wildman–Crippen LogP) is 2.45. The van der Waals surface area contributed by atoms with E-state index in [9.17, 15) is 14.4 Å². The molecule has 0 saturated carbocycles. The Morgan fingerprint density at radius 1 is 1.13 bits per heavy atom. The number of imidazole rings is 1. The van der Waals surface area contributed by atoms with Crippen LogP contribution in [0.5, 0.6) is 0 Å². The molecule has 0 unspecified atom stereocenters. The average molecular weight is 525 g/mol. The van der Waals surface area contributed by atoms with Crippen molar-refractivity contribution in [3.8, 4) is 5.69 Å². The van der Waals surface area contributed by atoms with Gasteiger partial charge in [0.2, 0.25) is 5.56 Å². The first-order chi connectivity index (χ1) is 18.9. The highest BCUT2D eigenvalue weighted by Gasteiger charge is 2.36. The predicted molar refractivity (Wildman–Crippen MR) is 146 cm³/mol. The van der Waals surface area contributed by atoms with Crippen molar-refractivity contribution in [2.45, 2.75) is 38.9 Å². The van der Waals surface area contributed by atoms with Crippen LogP contribution in [0.2, 0.25) is 0 Å². The molecule has 6 rings (SSSR count). The smallest absolute Gasteiger partial charge is 0.284 e. The second-order valence-electron chi connectivity index (χ2n) is 9.61. The van der Waals surface area contributed by atoms with Crippen molar-refractivity contribution in [2.24, 2.45) is 0 Å². The normalized spacial score (nSPS) is 17.1. The van der Waals surface area contributed by atoms with Crippen molar-refractivity contribution >= 4 is 17.4 Å². The largest absolute Gasteiger partial charge is 0.347 e. The van der Waals surface area contributed by atoms with Crippen LogP contribution in [-0.4, -0.2) is 47.4 Å². The highest BCUT2D eigenvalue weighted by Crippen LogP contribution is 2.35. The summed E-state index contributed by atoms with van der Waals surface area (Å²) in [6, 6.07) is 16.0. The Hall–Kier alpha value is -4.93. The number of rotatable bonds is 6. The maximum Gasteiger partial charge on any atom is 0.284 e. The number of aromatic nitrogens is 6. The summed E-state index contributed by atoms with van der Waals surface area (Å²) in [7, 11) is 0. The Labute approximate surface area is 223 Å². The van der Waals surface area contributed by atoms with Gasteiger partial charge in [0, 0.05) is 43.8 Å². The topological polar surface area (TPSA) is 122 Å². The maximum absolute atomic E-state index is 13.6. The van der Waals surface area contributed by atoms with Crippen molar-refractivity contribution in [2.75, 3.05) is 11.4 Å². The van der Waals surface area contributed by atoms with Gasteiger partial charge in [0.25, 0.3) is 11.5 Å². The monoisotopic (exact) mass is 524 g/mol. The second-order valence-corrected chi connectivity index (χ2v) is 9.61. The van der Waals surface area contributed by atoms with Gasteiger partial charge in [0.1, 0.15) is 11.4 Å². The molecule has 5 aromatic rings. The molecule has 1 aromatic carbocycles. The Morgan fingerprint density at radius 3 is 2.72 bits per heavy atom. The van der Waals surface area contributed by atoms with E-state index in [1.54, 1.807) is 40.8 Å². The first kappa shape index (κ1) is 24.4. The van der Waals surface area contributed by atoms with Crippen LogP contribution in [0, 0.1) is 6.92 Å². The van der Waals surface area contributed by atoms with Gasteiger partial charge >= 0.3 is 0 Å². The number of hydrogen-bond acceptors (Lipinski definition) is 6. The lowest BCUT2D eigenvalue weighted by atomic mass is 10.0. The molecule has 1 saturated heterocycles. The molecule has 1 fully saturated rings. The number of benzene rings is 1. The van der Waals surface area contributed by atoms with Crippen LogP contribution in [-0.2, 0) is 6.54 Å². The van der Waals surface area contributed by atoms with Crippen molar-refractivity contribution in [3.63, 3.8) is 0 Å². The lowest BCUT2D eigenvalue weighted by Crippen LogP contribution is -2.39. The fraction of sp³-hybridized carbons (Fsp3) is 0.250. The number of nitrogens with one attached hydrogen (secondary N) is 2. The lowest BCUT2D eigenvalue weighted by molar-refractivity contribution is 0.0938. The van der Waals surface area contributed by atoms with Crippen LogP contribution in [0.25, 0.3) is 11.3 Å². The number of H-pyrrole nitrogens is 1. The molecule has 1 amide bonds. The minimum Gasteiger partial charge on any atom is -0.347 e. The minimum atomic E-state index is -0.413. The number of para-hydroxylation sites is 1. The van der Waals surface area contributed by atoms with Crippen LogP contribution in [0.3, 0.4) is 0 Å². The number of carbonyl (C=O) groups is 1. The maximum atomic E-state index is 13.6. The van der Waals surface area contributed by atoms with Gasteiger partial charge in [-0.05, 0) is 56.2 Å². The molecular weight excluding hydrogens is 496 g/mol. The third-order valence-corrected chi connectivity index (χ3v) is 7.28. The summed E-state index contributed by atoms with van der Waals surface area (Å²) >= 11 is 0. The van der Waals surface area contributed by atoms with E-state index < -0.39 is 5.91 Å². The third-order valence-electron chi connectivity index (χ3n) is 7.28. The van der Waals surface area contributed by atoms with E-state index in [-0.39, 0.29) is 28.8 Å². The summed E-state index contributed by atoms with van der Waals surface area (Å²) < 4.78 is 5.06. The summed E-state index contributed by atoms with van der Waals surface area (Å²) in [5.41, 5.74) is 2.43. The van der Waals surface area contributed by atoms with Crippen LogP contribution in [0.15, 0.2) is 82.8 Å². The van der Waals surface area contributed by atoms with Crippen LogP contribution in [0.4, 0.5) is 5.82 Å². The molecule has 1 aliphatic rings. The Balaban J connectivity index is 1.33. The number of nitrogens with zero attached hydrogens (tertiary/aromatic N) is 6. The Bertz CT molecular complexity index is 1780. The average Bonchev–Trinajstić information content (AvgIpc) is 3.64. The highest BCUT2D eigenvalue weighted by atomic mass is 16.2. The minimum absolute atomic E-state index is 0.129. The molecule has 5 heterocycles. The molecule has 11 heteroatoms. The molecule has 0 radical (unpaired) electrons. The van der Waals surface area contributed by atoms with E-state index in [0.29, 0.717) is 36.7 Å². The lowest BCUT2D eigenvalue weighted by Gasteiger charge is -2.25. The fourth-order valence-electron chi connectivity index (χ4n) is 5.51.